The lowest BCUT2D eigenvalue weighted by Gasteiger charge is -2.33. The van der Waals surface area contributed by atoms with Gasteiger partial charge in [0.25, 0.3) is 0 Å². The van der Waals surface area contributed by atoms with E-state index in [0.29, 0.717) is 0 Å². The molecule has 9 aromatic carbocycles. The Labute approximate surface area is 330 Å². The molecule has 0 aliphatic carbocycles. The molecule has 0 N–H and O–H groups in total. The molecule has 0 unspecified atom stereocenters. The van der Waals surface area contributed by atoms with E-state index >= 15 is 0 Å². The van der Waals surface area contributed by atoms with Crippen molar-refractivity contribution in [3.8, 4) is 16.8 Å². The molecule has 0 saturated carbocycles. The van der Waals surface area contributed by atoms with Gasteiger partial charge in [-0.05, 0) is 108 Å². The summed E-state index contributed by atoms with van der Waals surface area (Å²) >= 11 is 1.84. The van der Waals surface area contributed by atoms with E-state index in [9.17, 15) is 0 Å². The van der Waals surface area contributed by atoms with Gasteiger partial charge in [-0.1, -0.05) is 133 Å². The highest BCUT2D eigenvalue weighted by atomic mass is 32.2. The zero-order valence-corrected chi connectivity index (χ0v) is 31.3. The fourth-order valence-corrected chi connectivity index (χ4v) is 9.47. The van der Waals surface area contributed by atoms with Gasteiger partial charge < -0.3 is 14.4 Å². The summed E-state index contributed by atoms with van der Waals surface area (Å²) in [5.41, 5.74) is 12.9. The highest BCUT2D eigenvalue weighted by molar-refractivity contribution is 7.99. The van der Waals surface area contributed by atoms with Gasteiger partial charge in [0.05, 0.1) is 28.1 Å². The monoisotopic (exact) mass is 733 g/mol. The first kappa shape index (κ1) is 32.4. The molecular weight excluding hydrogens is 699 g/mol. The minimum absolute atomic E-state index is 1.10. The van der Waals surface area contributed by atoms with Gasteiger partial charge in [0.2, 0.25) is 0 Å². The van der Waals surface area contributed by atoms with E-state index in [1.54, 1.807) is 0 Å². The number of aromatic nitrogens is 1. The Balaban J connectivity index is 0.991. The van der Waals surface area contributed by atoms with E-state index in [0.717, 1.165) is 28.4 Å². The molecule has 0 bridgehead atoms. The number of hydrogen-bond donors (Lipinski definition) is 0. The van der Waals surface area contributed by atoms with Crippen LogP contribution in [-0.2, 0) is 0 Å². The Hall–Kier alpha value is -7.01. The van der Waals surface area contributed by atoms with Crippen LogP contribution in [-0.4, -0.2) is 4.57 Å². The van der Waals surface area contributed by atoms with Crippen molar-refractivity contribution >= 4 is 78.5 Å². The fraction of sp³-hybridized carbons (Fsp3) is 0. The minimum atomic E-state index is 1.10. The average molecular weight is 734 g/mol. The van der Waals surface area contributed by atoms with Gasteiger partial charge >= 0.3 is 0 Å². The molecule has 10 aromatic rings. The summed E-state index contributed by atoms with van der Waals surface area (Å²) in [5, 5.41) is 4.95. The van der Waals surface area contributed by atoms with E-state index in [-0.39, 0.29) is 0 Å². The van der Waals surface area contributed by atoms with Crippen LogP contribution >= 0.6 is 11.8 Å². The van der Waals surface area contributed by atoms with Crippen LogP contribution < -0.4 is 9.80 Å². The number of hydrogen-bond acceptors (Lipinski definition) is 3. The summed E-state index contributed by atoms with van der Waals surface area (Å²) in [4.78, 5) is 7.27. The average Bonchev–Trinajstić information content (AvgIpc) is 3.61. The van der Waals surface area contributed by atoms with E-state index in [1.807, 2.05) is 11.8 Å². The second-order valence-corrected chi connectivity index (χ2v) is 15.3. The summed E-state index contributed by atoms with van der Waals surface area (Å²) in [7, 11) is 0. The lowest BCUT2D eigenvalue weighted by Crippen LogP contribution is -2.14. The molecule has 1 aliphatic rings. The lowest BCUT2D eigenvalue weighted by molar-refractivity contribution is 1.17. The number of nitrogens with zero attached hydrogens (tertiary/aromatic N) is 3. The molecule has 2 heterocycles. The van der Waals surface area contributed by atoms with Gasteiger partial charge in [-0.3, -0.25) is 0 Å². The van der Waals surface area contributed by atoms with Crippen molar-refractivity contribution in [3.05, 3.63) is 212 Å². The summed E-state index contributed by atoms with van der Waals surface area (Å²) in [5.74, 6) is 0. The third-order valence-electron chi connectivity index (χ3n) is 11.0. The Morgan fingerprint density at radius 2 is 0.946 bits per heavy atom. The van der Waals surface area contributed by atoms with Crippen LogP contribution in [0.4, 0.5) is 34.1 Å². The second-order valence-electron chi connectivity index (χ2n) is 14.2. The molecule has 0 atom stereocenters. The Morgan fingerprint density at radius 3 is 1.70 bits per heavy atom. The minimum Gasteiger partial charge on any atom is -0.310 e. The fourth-order valence-electron chi connectivity index (χ4n) is 8.38. The third kappa shape index (κ3) is 5.37. The van der Waals surface area contributed by atoms with Crippen LogP contribution in [0.3, 0.4) is 0 Å². The molecule has 56 heavy (non-hydrogen) atoms. The first-order valence-corrected chi connectivity index (χ1v) is 19.8. The van der Waals surface area contributed by atoms with Crippen LogP contribution in [0.5, 0.6) is 0 Å². The van der Waals surface area contributed by atoms with Gasteiger partial charge in [-0.25, -0.2) is 0 Å². The Bertz CT molecular complexity index is 3000. The van der Waals surface area contributed by atoms with Crippen molar-refractivity contribution in [1.29, 1.82) is 0 Å². The van der Waals surface area contributed by atoms with Crippen molar-refractivity contribution in [2.45, 2.75) is 9.79 Å². The van der Waals surface area contributed by atoms with Crippen molar-refractivity contribution in [2.75, 3.05) is 9.80 Å². The third-order valence-corrected chi connectivity index (χ3v) is 12.1. The molecule has 1 aliphatic heterocycles. The van der Waals surface area contributed by atoms with Crippen molar-refractivity contribution < 1.29 is 0 Å². The zero-order chi connectivity index (χ0) is 37.0. The predicted molar refractivity (Wildman–Crippen MR) is 237 cm³/mol. The molecule has 0 saturated heterocycles. The molecule has 0 spiro atoms. The highest BCUT2D eigenvalue weighted by Crippen LogP contribution is 2.52. The molecular formula is C52H35N3S. The van der Waals surface area contributed by atoms with Gasteiger partial charge in [-0.2, -0.15) is 0 Å². The van der Waals surface area contributed by atoms with Gasteiger partial charge in [0.1, 0.15) is 0 Å². The first-order valence-electron chi connectivity index (χ1n) is 19.0. The number of benzene rings is 9. The van der Waals surface area contributed by atoms with Crippen LogP contribution in [0.15, 0.2) is 222 Å². The quantitative estimate of drug-likeness (QED) is 0.169. The standard InChI is InChI=1S/C52H35N3S/c1-2-15-39(16-3-1)55-49-22-10-11-24-51(49)56-52-35-38(27-34-50(52)55)36-25-28-40(29-26-36)53(46-23-12-14-37-13-4-5-17-43(37)46)41-30-32-42(33-31-41)54-47-20-8-6-18-44(47)45-19-7-9-21-48(45)54/h1-35H. The molecule has 0 fully saturated rings. The Morgan fingerprint density at radius 1 is 0.375 bits per heavy atom. The molecule has 4 heteroatoms. The van der Waals surface area contributed by atoms with Gasteiger partial charge in [-0.15, -0.1) is 0 Å². The summed E-state index contributed by atoms with van der Waals surface area (Å²) in [6.07, 6.45) is 0. The molecule has 11 rings (SSSR count). The van der Waals surface area contributed by atoms with Gasteiger partial charge in [0.15, 0.2) is 0 Å². The number of anilines is 6. The maximum Gasteiger partial charge on any atom is 0.0602 e. The number of rotatable bonds is 6. The summed E-state index contributed by atoms with van der Waals surface area (Å²) in [6, 6.07) is 76.9. The summed E-state index contributed by atoms with van der Waals surface area (Å²) in [6.45, 7) is 0. The van der Waals surface area contributed by atoms with Crippen molar-refractivity contribution in [3.63, 3.8) is 0 Å². The second kappa shape index (κ2) is 13.4. The van der Waals surface area contributed by atoms with E-state index in [2.05, 4.69) is 227 Å². The highest BCUT2D eigenvalue weighted by Gasteiger charge is 2.25. The first-order chi connectivity index (χ1) is 27.8. The molecule has 3 nitrogen and oxygen atoms in total. The van der Waals surface area contributed by atoms with Crippen LogP contribution in [0.2, 0.25) is 0 Å². The van der Waals surface area contributed by atoms with Crippen LogP contribution in [0, 0.1) is 0 Å². The Kier molecular flexibility index (Phi) is 7.75. The molecule has 0 amide bonds. The molecule has 1 aromatic heterocycles. The molecule has 264 valence electrons. The van der Waals surface area contributed by atoms with Gasteiger partial charge in [0, 0.05) is 48.7 Å². The lowest BCUT2D eigenvalue weighted by atomic mass is 10.0. The van der Waals surface area contributed by atoms with E-state index in [1.165, 1.54) is 64.9 Å². The predicted octanol–water partition coefficient (Wildman–Crippen LogP) is 15.0. The smallest absolute Gasteiger partial charge is 0.0602 e. The largest absolute Gasteiger partial charge is 0.310 e. The normalized spacial score (nSPS) is 12.2. The van der Waals surface area contributed by atoms with Crippen LogP contribution in [0.25, 0.3) is 49.4 Å². The van der Waals surface area contributed by atoms with Crippen molar-refractivity contribution in [2.24, 2.45) is 0 Å². The number of fused-ring (bicyclic) bond motifs is 6. The maximum absolute atomic E-state index is 2.39. The zero-order valence-electron chi connectivity index (χ0n) is 30.5. The topological polar surface area (TPSA) is 11.4 Å². The maximum atomic E-state index is 2.39. The SMILES string of the molecule is c1ccc(N2c3ccccc3Sc3cc(-c4ccc(N(c5ccc(-n6c7ccccc7c7ccccc76)cc5)c5cccc6ccccc56)cc4)ccc32)cc1. The number of para-hydroxylation sites is 4. The van der Waals surface area contributed by atoms with E-state index < -0.39 is 0 Å². The van der Waals surface area contributed by atoms with Crippen LogP contribution in [0.1, 0.15) is 0 Å². The summed E-state index contributed by atoms with van der Waals surface area (Å²) < 4.78 is 2.38. The molecule has 0 radical (unpaired) electrons. The van der Waals surface area contributed by atoms with E-state index in [4.69, 9.17) is 0 Å². The van der Waals surface area contributed by atoms with Crippen molar-refractivity contribution in [1.82, 2.24) is 4.57 Å².